The van der Waals surface area contributed by atoms with Crippen molar-refractivity contribution in [2.24, 2.45) is 5.73 Å². The normalized spacial score (nSPS) is 10.9. The molecule has 0 fully saturated rings. The molecule has 1 amide bonds. The lowest BCUT2D eigenvalue weighted by atomic mass is 10.3. The second-order valence-corrected chi connectivity index (χ2v) is 5.27. The molecular formula is C17H12N6O2. The molecule has 0 aliphatic carbocycles. The first kappa shape index (κ1) is 14.8. The van der Waals surface area contributed by atoms with Gasteiger partial charge in [-0.3, -0.25) is 14.3 Å². The fourth-order valence-corrected chi connectivity index (χ4v) is 2.65. The number of benzene rings is 1. The van der Waals surface area contributed by atoms with Gasteiger partial charge < -0.3 is 5.73 Å². The first-order chi connectivity index (χ1) is 12.2. The summed E-state index contributed by atoms with van der Waals surface area (Å²) in [6, 6.07) is 12.6. The highest BCUT2D eigenvalue weighted by atomic mass is 16.2. The Hall–Kier alpha value is -3.81. The van der Waals surface area contributed by atoms with Crippen molar-refractivity contribution in [2.45, 2.75) is 0 Å². The highest BCUT2D eigenvalue weighted by Gasteiger charge is 2.19. The van der Waals surface area contributed by atoms with Crippen molar-refractivity contribution in [3.63, 3.8) is 0 Å². The van der Waals surface area contributed by atoms with Crippen LogP contribution in [0.15, 0.2) is 65.8 Å². The van der Waals surface area contributed by atoms with Crippen LogP contribution >= 0.6 is 0 Å². The molecule has 4 aromatic rings. The van der Waals surface area contributed by atoms with Crippen LogP contribution in [0.5, 0.6) is 0 Å². The molecular weight excluding hydrogens is 320 g/mol. The van der Waals surface area contributed by atoms with Crippen LogP contribution in [0.4, 0.5) is 0 Å². The maximum atomic E-state index is 13.1. The van der Waals surface area contributed by atoms with Crippen molar-refractivity contribution < 1.29 is 4.79 Å². The number of nitrogens with two attached hydrogens (primary N) is 1. The van der Waals surface area contributed by atoms with E-state index in [9.17, 15) is 9.59 Å². The van der Waals surface area contributed by atoms with Crippen molar-refractivity contribution in [3.8, 4) is 11.4 Å². The summed E-state index contributed by atoms with van der Waals surface area (Å²) in [6.07, 6.45) is 4.57. The molecule has 0 unspecified atom stereocenters. The minimum absolute atomic E-state index is 0.157. The van der Waals surface area contributed by atoms with Gasteiger partial charge >= 0.3 is 5.69 Å². The number of hydrogen-bond acceptors (Lipinski definition) is 5. The Morgan fingerprint density at radius 2 is 1.72 bits per heavy atom. The average Bonchev–Trinajstić information content (AvgIpc) is 2.94. The van der Waals surface area contributed by atoms with Crippen molar-refractivity contribution in [3.05, 3.63) is 77.4 Å². The molecule has 3 aromatic heterocycles. The Bertz CT molecular complexity index is 1130. The number of primary amides is 1. The molecule has 122 valence electrons. The first-order valence-corrected chi connectivity index (χ1v) is 7.43. The van der Waals surface area contributed by atoms with Crippen LogP contribution in [0.1, 0.15) is 10.6 Å². The minimum atomic E-state index is -0.764. The number of imidazole rings is 1. The van der Waals surface area contributed by atoms with E-state index in [-0.39, 0.29) is 17.2 Å². The first-order valence-electron chi connectivity index (χ1n) is 7.43. The standard InChI is InChI=1S/C17H12N6O2/c18-14(24)15-20-10-13-16(21-15)23(12-7-4-8-19-9-12)17(25)22(13)11-5-2-1-3-6-11/h1-10H,(H2,18,24). The van der Waals surface area contributed by atoms with Crippen LogP contribution in [0.25, 0.3) is 22.5 Å². The summed E-state index contributed by atoms with van der Waals surface area (Å²) >= 11 is 0. The second kappa shape index (κ2) is 5.68. The molecule has 2 N–H and O–H groups in total. The van der Waals surface area contributed by atoms with Crippen molar-refractivity contribution in [2.75, 3.05) is 0 Å². The Labute approximate surface area is 141 Å². The van der Waals surface area contributed by atoms with Gasteiger partial charge in [0, 0.05) is 6.20 Å². The molecule has 3 heterocycles. The number of pyridine rings is 1. The van der Waals surface area contributed by atoms with Gasteiger partial charge in [0.15, 0.2) is 5.65 Å². The van der Waals surface area contributed by atoms with E-state index < -0.39 is 5.91 Å². The third-order valence-corrected chi connectivity index (χ3v) is 3.72. The Balaban J connectivity index is 2.13. The van der Waals surface area contributed by atoms with E-state index in [1.165, 1.54) is 15.3 Å². The third kappa shape index (κ3) is 2.36. The number of carbonyl (C=O) groups excluding carboxylic acids is 1. The summed E-state index contributed by atoms with van der Waals surface area (Å²) in [5, 5.41) is 0. The topological polar surface area (TPSA) is 109 Å². The Morgan fingerprint density at radius 3 is 2.40 bits per heavy atom. The number of aromatic nitrogens is 5. The van der Waals surface area contributed by atoms with Crippen molar-refractivity contribution in [1.29, 1.82) is 0 Å². The molecule has 0 saturated carbocycles. The zero-order chi connectivity index (χ0) is 17.4. The van der Waals surface area contributed by atoms with Crippen LogP contribution < -0.4 is 11.4 Å². The molecule has 1 aromatic carbocycles. The molecule has 0 bridgehead atoms. The zero-order valence-electron chi connectivity index (χ0n) is 12.9. The Morgan fingerprint density at radius 1 is 0.960 bits per heavy atom. The highest BCUT2D eigenvalue weighted by molar-refractivity contribution is 5.90. The predicted molar refractivity (Wildman–Crippen MR) is 90.8 cm³/mol. The summed E-state index contributed by atoms with van der Waals surface area (Å²) in [7, 11) is 0. The largest absolute Gasteiger partial charge is 0.363 e. The van der Waals surface area contributed by atoms with Crippen LogP contribution in [-0.2, 0) is 0 Å². The van der Waals surface area contributed by atoms with E-state index in [2.05, 4.69) is 15.0 Å². The van der Waals surface area contributed by atoms with E-state index in [1.807, 2.05) is 18.2 Å². The lowest BCUT2D eigenvalue weighted by Gasteiger charge is -2.01. The third-order valence-electron chi connectivity index (χ3n) is 3.72. The summed E-state index contributed by atoms with van der Waals surface area (Å²) in [5.41, 5.74) is 6.87. The lowest BCUT2D eigenvalue weighted by molar-refractivity contribution is 0.0990. The molecule has 0 atom stereocenters. The van der Waals surface area contributed by atoms with Gasteiger partial charge in [0.25, 0.3) is 5.91 Å². The van der Waals surface area contributed by atoms with Gasteiger partial charge in [0.05, 0.1) is 23.8 Å². The molecule has 0 spiro atoms. The Kier molecular flexibility index (Phi) is 3.35. The summed E-state index contributed by atoms with van der Waals surface area (Å²) in [5.74, 6) is -0.921. The van der Waals surface area contributed by atoms with Crippen LogP contribution in [0.3, 0.4) is 0 Å². The molecule has 0 saturated heterocycles. The smallest absolute Gasteiger partial charge is 0.339 e. The quantitative estimate of drug-likeness (QED) is 0.603. The molecule has 8 nitrogen and oxygen atoms in total. The maximum absolute atomic E-state index is 13.1. The number of rotatable bonds is 3. The average molecular weight is 332 g/mol. The number of para-hydroxylation sites is 1. The van der Waals surface area contributed by atoms with Gasteiger partial charge in [0.2, 0.25) is 5.82 Å². The highest BCUT2D eigenvalue weighted by Crippen LogP contribution is 2.18. The van der Waals surface area contributed by atoms with Gasteiger partial charge in [0.1, 0.15) is 5.52 Å². The molecule has 0 aliphatic heterocycles. The summed E-state index contributed by atoms with van der Waals surface area (Å²) in [6.45, 7) is 0. The maximum Gasteiger partial charge on any atom is 0.339 e. The molecule has 8 heteroatoms. The number of nitrogens with zero attached hydrogens (tertiary/aromatic N) is 5. The summed E-state index contributed by atoms with van der Waals surface area (Å²) < 4.78 is 2.86. The minimum Gasteiger partial charge on any atom is -0.363 e. The molecule has 25 heavy (non-hydrogen) atoms. The van der Waals surface area contributed by atoms with Crippen LogP contribution in [0, 0.1) is 0 Å². The summed E-state index contributed by atoms with van der Waals surface area (Å²) in [4.78, 5) is 36.7. The van der Waals surface area contributed by atoms with Crippen molar-refractivity contribution in [1.82, 2.24) is 24.1 Å². The van der Waals surface area contributed by atoms with Crippen molar-refractivity contribution >= 4 is 17.1 Å². The lowest BCUT2D eigenvalue weighted by Crippen LogP contribution is -2.22. The monoisotopic (exact) mass is 332 g/mol. The fourth-order valence-electron chi connectivity index (χ4n) is 2.65. The fraction of sp³-hybridized carbons (Fsp3) is 0. The van der Waals surface area contributed by atoms with E-state index in [1.54, 1.807) is 36.7 Å². The number of fused-ring (bicyclic) bond motifs is 1. The van der Waals surface area contributed by atoms with E-state index in [0.717, 1.165) is 0 Å². The van der Waals surface area contributed by atoms with Gasteiger partial charge in [-0.1, -0.05) is 18.2 Å². The van der Waals surface area contributed by atoms with Gasteiger partial charge in [-0.05, 0) is 24.3 Å². The van der Waals surface area contributed by atoms with Gasteiger partial charge in [-0.2, -0.15) is 0 Å². The molecule has 0 aliphatic rings. The SMILES string of the molecule is NC(=O)c1ncc2c(n1)n(-c1cccnc1)c(=O)n2-c1ccccc1. The molecule has 4 rings (SSSR count). The number of carbonyl (C=O) groups is 1. The van der Waals surface area contributed by atoms with E-state index >= 15 is 0 Å². The van der Waals surface area contributed by atoms with Crippen LogP contribution in [-0.4, -0.2) is 30.0 Å². The zero-order valence-corrected chi connectivity index (χ0v) is 12.9. The number of hydrogen-bond donors (Lipinski definition) is 1. The molecule has 0 radical (unpaired) electrons. The van der Waals surface area contributed by atoms with E-state index in [0.29, 0.717) is 16.9 Å². The van der Waals surface area contributed by atoms with Crippen LogP contribution in [0.2, 0.25) is 0 Å². The second-order valence-electron chi connectivity index (χ2n) is 5.27. The van der Waals surface area contributed by atoms with Gasteiger partial charge in [-0.15, -0.1) is 0 Å². The van der Waals surface area contributed by atoms with E-state index in [4.69, 9.17) is 5.73 Å². The number of amides is 1. The predicted octanol–water partition coefficient (Wildman–Crippen LogP) is 1.07. The van der Waals surface area contributed by atoms with Gasteiger partial charge in [-0.25, -0.2) is 19.3 Å².